The van der Waals surface area contributed by atoms with Crippen molar-refractivity contribution >= 4 is 40.7 Å². The van der Waals surface area contributed by atoms with Crippen LogP contribution in [0.5, 0.6) is 0 Å². The van der Waals surface area contributed by atoms with Crippen LogP contribution >= 0.6 is 0 Å². The van der Waals surface area contributed by atoms with E-state index >= 15 is 0 Å². The molecule has 0 saturated heterocycles. The Morgan fingerprint density at radius 2 is 1.33 bits per heavy atom. The van der Waals surface area contributed by atoms with Crippen LogP contribution in [0.1, 0.15) is 11.1 Å². The van der Waals surface area contributed by atoms with Crippen molar-refractivity contribution in [2.24, 2.45) is 0 Å². The van der Waals surface area contributed by atoms with Gasteiger partial charge < -0.3 is 0 Å². The summed E-state index contributed by atoms with van der Waals surface area (Å²) in [6.45, 7) is 0. The van der Waals surface area contributed by atoms with Crippen molar-refractivity contribution in [3.63, 3.8) is 0 Å². The summed E-state index contributed by atoms with van der Waals surface area (Å²) < 4.78 is 0. The maximum absolute atomic E-state index is 8.75. The maximum atomic E-state index is 8.75. The minimum absolute atomic E-state index is 0.00175. The first-order chi connectivity index (χ1) is 8.86. The van der Waals surface area contributed by atoms with Crippen molar-refractivity contribution in [1.82, 2.24) is 0 Å². The summed E-state index contributed by atoms with van der Waals surface area (Å²) in [4.78, 5) is 4.52. The Bertz CT molecular complexity index is 586. The molecule has 18 heavy (non-hydrogen) atoms. The molecule has 0 saturated carbocycles. The number of nitriles is 2. The summed E-state index contributed by atoms with van der Waals surface area (Å²) in [5.74, 6) is 0. The van der Waals surface area contributed by atoms with Gasteiger partial charge in [0.25, 0.3) is 0 Å². The molecule has 0 bridgehead atoms. The molecule has 0 radical (unpaired) electrons. The van der Waals surface area contributed by atoms with E-state index in [1.165, 1.54) is 21.9 Å². The molecule has 2 aromatic rings. The van der Waals surface area contributed by atoms with E-state index in [0.29, 0.717) is 0 Å². The van der Waals surface area contributed by atoms with Gasteiger partial charge in [-0.15, -0.1) is 0 Å². The predicted molar refractivity (Wildman–Crippen MR) is 74.1 cm³/mol. The van der Waals surface area contributed by atoms with Crippen molar-refractivity contribution in [2.45, 2.75) is 10.6 Å². The van der Waals surface area contributed by atoms with Gasteiger partial charge >= 0.3 is 119 Å². The third kappa shape index (κ3) is 2.94. The van der Waals surface area contributed by atoms with Gasteiger partial charge in [-0.3, -0.25) is 0 Å². The van der Waals surface area contributed by atoms with Crippen molar-refractivity contribution < 1.29 is 0 Å². The molecule has 0 unspecified atom stereocenters. The molecular formula is C14H10N2Se2. The fourth-order valence-electron chi connectivity index (χ4n) is 1.96. The van der Waals surface area contributed by atoms with Crippen molar-refractivity contribution in [3.8, 4) is 9.94 Å². The second-order valence-corrected chi connectivity index (χ2v) is 6.88. The van der Waals surface area contributed by atoms with Crippen LogP contribution < -0.4 is 0 Å². The van der Waals surface area contributed by atoms with Crippen LogP contribution in [0.4, 0.5) is 0 Å². The van der Waals surface area contributed by atoms with E-state index in [-0.39, 0.29) is 29.9 Å². The monoisotopic (exact) mass is 366 g/mol. The number of hydrogen-bond donors (Lipinski definition) is 0. The normalized spacial score (nSPS) is 9.89. The molecular weight excluding hydrogens is 354 g/mol. The van der Waals surface area contributed by atoms with Crippen LogP contribution in [0.25, 0.3) is 10.8 Å². The topological polar surface area (TPSA) is 47.6 Å². The molecule has 0 aromatic heterocycles. The van der Waals surface area contributed by atoms with Crippen molar-refractivity contribution in [1.29, 1.82) is 10.5 Å². The van der Waals surface area contributed by atoms with Crippen LogP contribution in [-0.4, -0.2) is 29.9 Å². The van der Waals surface area contributed by atoms with Crippen LogP contribution in [0.2, 0.25) is 0 Å². The SMILES string of the molecule is N#C[Se]Cc1cccc2cccc(C[Se]C#N)c12. The Labute approximate surface area is 119 Å². The second kappa shape index (κ2) is 6.60. The molecule has 2 nitrogen and oxygen atoms in total. The molecule has 0 heterocycles. The predicted octanol–water partition coefficient (Wildman–Crippen LogP) is 2.21. The van der Waals surface area contributed by atoms with Gasteiger partial charge in [-0.25, -0.2) is 0 Å². The van der Waals surface area contributed by atoms with Gasteiger partial charge in [0.2, 0.25) is 0 Å². The number of rotatable bonds is 4. The van der Waals surface area contributed by atoms with Crippen LogP contribution in [-0.2, 0) is 10.6 Å². The minimum atomic E-state index is 0.00175. The van der Waals surface area contributed by atoms with Crippen molar-refractivity contribution in [2.75, 3.05) is 0 Å². The third-order valence-electron chi connectivity index (χ3n) is 2.66. The summed E-state index contributed by atoms with van der Waals surface area (Å²) in [7, 11) is 0. The molecule has 0 aliphatic heterocycles. The zero-order valence-corrected chi connectivity index (χ0v) is 13.0. The van der Waals surface area contributed by atoms with E-state index in [0.717, 1.165) is 10.6 Å². The summed E-state index contributed by atoms with van der Waals surface area (Å²) in [5, 5.41) is 21.7. The average molecular weight is 364 g/mol. The zero-order chi connectivity index (χ0) is 12.8. The van der Waals surface area contributed by atoms with E-state index < -0.39 is 0 Å². The van der Waals surface area contributed by atoms with Gasteiger partial charge in [-0.1, -0.05) is 0 Å². The second-order valence-electron chi connectivity index (χ2n) is 3.69. The summed E-state index contributed by atoms with van der Waals surface area (Å²) in [6, 6.07) is 12.5. The van der Waals surface area contributed by atoms with Crippen LogP contribution in [0.15, 0.2) is 36.4 Å². The number of benzene rings is 2. The van der Waals surface area contributed by atoms with E-state index in [4.69, 9.17) is 10.5 Å². The average Bonchev–Trinajstić information content (AvgIpc) is 2.42. The standard InChI is InChI=1S/C14H10N2Se2/c15-9-17-7-12-5-1-3-11-4-2-6-13(14(11)12)8-18-10-16/h1-6H,7-8H2. The molecule has 0 aliphatic rings. The molecule has 0 atom stereocenters. The molecule has 0 aliphatic carbocycles. The fourth-order valence-corrected chi connectivity index (χ4v) is 3.90. The molecule has 0 amide bonds. The molecule has 2 rings (SSSR count). The van der Waals surface area contributed by atoms with Gasteiger partial charge in [-0.2, -0.15) is 0 Å². The molecule has 0 N–H and O–H groups in total. The van der Waals surface area contributed by atoms with Gasteiger partial charge in [0.15, 0.2) is 0 Å². The first-order valence-corrected chi connectivity index (χ1v) is 9.51. The van der Waals surface area contributed by atoms with Crippen LogP contribution in [0.3, 0.4) is 0 Å². The van der Waals surface area contributed by atoms with Gasteiger partial charge in [0.05, 0.1) is 0 Å². The summed E-state index contributed by atoms with van der Waals surface area (Å²) >= 11 is 0.00350. The Balaban J connectivity index is 2.50. The fraction of sp³-hybridized carbons (Fsp3) is 0.143. The number of fused-ring (bicyclic) bond motifs is 1. The van der Waals surface area contributed by atoms with Gasteiger partial charge in [-0.05, 0) is 0 Å². The van der Waals surface area contributed by atoms with E-state index in [1.54, 1.807) is 0 Å². The summed E-state index contributed by atoms with van der Waals surface area (Å²) in [6.07, 6.45) is 0. The van der Waals surface area contributed by atoms with Crippen LogP contribution in [0, 0.1) is 20.5 Å². The number of nitrogens with zero attached hydrogens (tertiary/aromatic N) is 2. The third-order valence-corrected chi connectivity index (χ3v) is 5.11. The van der Waals surface area contributed by atoms with Gasteiger partial charge in [0.1, 0.15) is 0 Å². The Morgan fingerprint density at radius 1 is 0.833 bits per heavy atom. The van der Waals surface area contributed by atoms with Crippen molar-refractivity contribution in [3.05, 3.63) is 47.5 Å². The first kappa shape index (κ1) is 13.2. The zero-order valence-electron chi connectivity index (χ0n) is 9.59. The van der Waals surface area contributed by atoms with E-state index in [1.807, 2.05) is 12.1 Å². The first-order valence-electron chi connectivity index (χ1n) is 5.38. The molecule has 0 spiro atoms. The molecule has 2 aromatic carbocycles. The van der Waals surface area contributed by atoms with E-state index in [2.05, 4.69) is 34.2 Å². The number of hydrogen-bond acceptors (Lipinski definition) is 2. The quantitative estimate of drug-likeness (QED) is 0.782. The molecule has 4 heteroatoms. The molecule has 88 valence electrons. The van der Waals surface area contributed by atoms with E-state index in [9.17, 15) is 0 Å². The molecule has 0 fully saturated rings. The Kier molecular flexibility index (Phi) is 4.82. The summed E-state index contributed by atoms with van der Waals surface area (Å²) in [5.41, 5.74) is 2.50. The Morgan fingerprint density at radius 3 is 1.78 bits per heavy atom. The Hall–Kier alpha value is -1.28. The van der Waals surface area contributed by atoms with Gasteiger partial charge in [0, 0.05) is 0 Å².